The molecule has 2 aromatic rings. The van der Waals surface area contributed by atoms with Crippen LogP contribution in [0.5, 0.6) is 0 Å². The van der Waals surface area contributed by atoms with Gasteiger partial charge in [0.05, 0.1) is 15.3 Å². The minimum Gasteiger partial charge on any atom is -0.476 e. The molecule has 0 aliphatic rings. The molecular formula is C11H10N2O6S3. The summed E-state index contributed by atoms with van der Waals surface area (Å²) in [7, 11) is -7.47. The molecule has 2 rings (SSSR count). The molecular weight excluding hydrogens is 352 g/mol. The number of aromatic carboxylic acids is 1. The summed E-state index contributed by atoms with van der Waals surface area (Å²) in [6.45, 7) is 0. The molecule has 2 N–H and O–H groups in total. The molecule has 0 radical (unpaired) electrons. The number of anilines is 1. The van der Waals surface area contributed by atoms with E-state index >= 15 is 0 Å². The molecule has 8 nitrogen and oxygen atoms in total. The summed E-state index contributed by atoms with van der Waals surface area (Å²) in [6.07, 6.45) is 1.01. The van der Waals surface area contributed by atoms with Gasteiger partial charge in [0.1, 0.15) is 5.00 Å². The number of thiazole rings is 1. The van der Waals surface area contributed by atoms with E-state index in [2.05, 4.69) is 9.71 Å². The fourth-order valence-corrected chi connectivity index (χ4v) is 4.14. The highest BCUT2D eigenvalue weighted by Crippen LogP contribution is 2.24. The Morgan fingerprint density at radius 3 is 2.18 bits per heavy atom. The average molecular weight is 362 g/mol. The number of carbonyl (C=O) groups is 1. The number of carboxylic acids is 1. The Bertz CT molecular complexity index is 913. The van der Waals surface area contributed by atoms with Crippen molar-refractivity contribution in [3.63, 3.8) is 0 Å². The van der Waals surface area contributed by atoms with Crippen molar-refractivity contribution < 1.29 is 26.7 Å². The summed E-state index contributed by atoms with van der Waals surface area (Å²) in [6, 6.07) is 4.57. The summed E-state index contributed by atoms with van der Waals surface area (Å²) < 4.78 is 49.1. The molecule has 0 atom stereocenters. The van der Waals surface area contributed by atoms with Crippen molar-refractivity contribution in [2.45, 2.75) is 9.79 Å². The van der Waals surface area contributed by atoms with Crippen molar-refractivity contribution in [1.82, 2.24) is 4.98 Å². The summed E-state index contributed by atoms with van der Waals surface area (Å²) >= 11 is 0.829. The number of hydrogen-bond donors (Lipinski definition) is 2. The Hall–Kier alpha value is -1.98. The second-order valence-electron chi connectivity index (χ2n) is 4.18. The molecule has 22 heavy (non-hydrogen) atoms. The number of nitrogens with one attached hydrogen (secondary N) is 1. The van der Waals surface area contributed by atoms with Crippen LogP contribution in [-0.2, 0) is 19.9 Å². The lowest BCUT2D eigenvalue weighted by Crippen LogP contribution is -2.14. The highest BCUT2D eigenvalue weighted by molar-refractivity contribution is 7.93. The molecule has 0 aliphatic carbocycles. The molecule has 11 heteroatoms. The maximum atomic E-state index is 12.2. The Morgan fingerprint density at radius 2 is 1.68 bits per heavy atom. The third-order valence-corrected chi connectivity index (χ3v) is 5.92. The van der Waals surface area contributed by atoms with Crippen LogP contribution in [-0.4, -0.2) is 39.2 Å². The number of sulfone groups is 1. The minimum atomic E-state index is -4.04. The smallest absolute Gasteiger partial charge is 0.357 e. The molecule has 118 valence electrons. The molecule has 0 bridgehead atoms. The van der Waals surface area contributed by atoms with Gasteiger partial charge in [0.2, 0.25) is 0 Å². The fourth-order valence-electron chi connectivity index (χ4n) is 1.52. The number of aromatic nitrogens is 1. The van der Waals surface area contributed by atoms with Crippen LogP contribution < -0.4 is 4.72 Å². The van der Waals surface area contributed by atoms with Gasteiger partial charge in [0.15, 0.2) is 15.5 Å². The number of nitrogens with zero attached hydrogens (tertiary/aromatic N) is 1. The van der Waals surface area contributed by atoms with Gasteiger partial charge in [-0.25, -0.2) is 26.6 Å². The van der Waals surface area contributed by atoms with Crippen molar-refractivity contribution in [1.29, 1.82) is 0 Å². The van der Waals surface area contributed by atoms with Crippen molar-refractivity contribution >= 4 is 42.2 Å². The molecule has 0 saturated heterocycles. The Kier molecular flexibility index (Phi) is 4.22. The van der Waals surface area contributed by atoms with E-state index in [0.29, 0.717) is 0 Å². The SMILES string of the molecule is CS(=O)(=O)c1ccc(S(=O)(=O)Nc2scnc2C(=O)O)cc1. The second kappa shape index (κ2) is 5.66. The topological polar surface area (TPSA) is 130 Å². The second-order valence-corrected chi connectivity index (χ2v) is 8.74. The van der Waals surface area contributed by atoms with Gasteiger partial charge in [-0.15, -0.1) is 11.3 Å². The number of hydrogen-bond acceptors (Lipinski definition) is 7. The van der Waals surface area contributed by atoms with Gasteiger partial charge < -0.3 is 5.11 Å². The van der Waals surface area contributed by atoms with E-state index in [1.807, 2.05) is 0 Å². The van der Waals surface area contributed by atoms with Crippen molar-refractivity contribution in [2.75, 3.05) is 11.0 Å². The lowest BCUT2D eigenvalue weighted by Gasteiger charge is -2.07. The molecule has 0 amide bonds. The highest BCUT2D eigenvalue weighted by Gasteiger charge is 2.21. The van der Waals surface area contributed by atoms with Crippen LogP contribution in [0.2, 0.25) is 0 Å². The zero-order chi connectivity index (χ0) is 16.5. The third kappa shape index (κ3) is 3.43. The summed E-state index contributed by atoms with van der Waals surface area (Å²) in [5, 5.41) is 8.77. The van der Waals surface area contributed by atoms with E-state index in [1.165, 1.54) is 5.51 Å². The average Bonchev–Trinajstić information content (AvgIpc) is 2.85. The van der Waals surface area contributed by atoms with Gasteiger partial charge >= 0.3 is 5.97 Å². The van der Waals surface area contributed by atoms with Crippen LogP contribution >= 0.6 is 11.3 Å². The first-order valence-electron chi connectivity index (χ1n) is 5.61. The maximum Gasteiger partial charge on any atom is 0.357 e. The molecule has 1 aromatic carbocycles. The first-order chi connectivity index (χ1) is 10.1. The quantitative estimate of drug-likeness (QED) is 0.812. The molecule has 1 heterocycles. The van der Waals surface area contributed by atoms with Crippen LogP contribution in [0.15, 0.2) is 39.6 Å². The lowest BCUT2D eigenvalue weighted by atomic mass is 10.4. The van der Waals surface area contributed by atoms with E-state index < -0.39 is 31.5 Å². The van der Waals surface area contributed by atoms with Crippen LogP contribution in [0.1, 0.15) is 10.5 Å². The Morgan fingerprint density at radius 1 is 1.14 bits per heavy atom. The van der Waals surface area contributed by atoms with Crippen LogP contribution in [0.25, 0.3) is 0 Å². The van der Waals surface area contributed by atoms with E-state index in [4.69, 9.17) is 5.11 Å². The van der Waals surface area contributed by atoms with Gasteiger partial charge in [0.25, 0.3) is 10.0 Å². The number of carboxylic acid groups (broad SMARTS) is 1. The van der Waals surface area contributed by atoms with Gasteiger partial charge in [-0.05, 0) is 24.3 Å². The van der Waals surface area contributed by atoms with Crippen molar-refractivity contribution in [3.8, 4) is 0 Å². The Labute approximate surface area is 130 Å². The van der Waals surface area contributed by atoms with Gasteiger partial charge in [-0.1, -0.05) is 0 Å². The fraction of sp³-hybridized carbons (Fsp3) is 0.0909. The maximum absolute atomic E-state index is 12.2. The predicted molar refractivity (Wildman–Crippen MR) is 79.4 cm³/mol. The first-order valence-corrected chi connectivity index (χ1v) is 9.86. The minimum absolute atomic E-state index is 0.0181. The Balaban J connectivity index is 2.35. The van der Waals surface area contributed by atoms with E-state index in [1.54, 1.807) is 0 Å². The van der Waals surface area contributed by atoms with Gasteiger partial charge in [-0.2, -0.15) is 0 Å². The number of benzene rings is 1. The highest BCUT2D eigenvalue weighted by atomic mass is 32.2. The van der Waals surface area contributed by atoms with Gasteiger partial charge in [-0.3, -0.25) is 4.72 Å². The molecule has 0 unspecified atom stereocenters. The monoisotopic (exact) mass is 362 g/mol. The normalized spacial score (nSPS) is 12.0. The van der Waals surface area contributed by atoms with Crippen LogP contribution in [0.4, 0.5) is 5.00 Å². The van der Waals surface area contributed by atoms with Crippen LogP contribution in [0.3, 0.4) is 0 Å². The molecule has 0 saturated carbocycles. The third-order valence-electron chi connectivity index (χ3n) is 2.56. The predicted octanol–water partition coefficient (Wildman–Crippen LogP) is 1.05. The standard InChI is InChI=1S/C11H10N2O6S3/c1-21(16,17)7-2-4-8(5-3-7)22(18,19)13-10-9(11(14)15)12-6-20-10/h2-6,13H,1H3,(H,14,15). The lowest BCUT2D eigenvalue weighted by molar-refractivity contribution is 0.0692. The summed E-state index contributed by atoms with van der Waals surface area (Å²) in [5.74, 6) is -1.36. The zero-order valence-electron chi connectivity index (χ0n) is 11.0. The van der Waals surface area contributed by atoms with E-state index in [0.717, 1.165) is 41.9 Å². The molecule has 0 fully saturated rings. The van der Waals surface area contributed by atoms with Gasteiger partial charge in [0, 0.05) is 6.26 Å². The number of rotatable bonds is 5. The molecule has 0 aliphatic heterocycles. The largest absolute Gasteiger partial charge is 0.476 e. The van der Waals surface area contributed by atoms with E-state index in [-0.39, 0.29) is 14.8 Å². The zero-order valence-corrected chi connectivity index (χ0v) is 13.5. The molecule has 1 aromatic heterocycles. The van der Waals surface area contributed by atoms with Crippen LogP contribution in [0, 0.1) is 0 Å². The number of sulfonamides is 1. The first kappa shape index (κ1) is 16.4. The summed E-state index contributed by atoms with van der Waals surface area (Å²) in [5.41, 5.74) is 0.801. The van der Waals surface area contributed by atoms with E-state index in [9.17, 15) is 21.6 Å². The molecule has 0 spiro atoms. The van der Waals surface area contributed by atoms with Crippen molar-refractivity contribution in [3.05, 3.63) is 35.5 Å². The van der Waals surface area contributed by atoms with Crippen molar-refractivity contribution in [2.24, 2.45) is 0 Å². The summed E-state index contributed by atoms with van der Waals surface area (Å²) in [4.78, 5) is 14.2.